The molecule has 0 aromatic heterocycles. The molecule has 1 unspecified atom stereocenters. The van der Waals surface area contributed by atoms with Crippen LogP contribution in [0.3, 0.4) is 0 Å². The number of alkyl halides is 1. The van der Waals surface area contributed by atoms with E-state index < -0.39 is 0 Å². The van der Waals surface area contributed by atoms with Gasteiger partial charge in [-0.05, 0) is 29.9 Å². The first-order valence-corrected chi connectivity index (χ1v) is 7.39. The minimum absolute atomic E-state index is 0.172. The van der Waals surface area contributed by atoms with E-state index in [1.807, 2.05) is 0 Å². The zero-order valence-corrected chi connectivity index (χ0v) is 12.1. The van der Waals surface area contributed by atoms with Crippen LogP contribution >= 0.6 is 11.6 Å². The van der Waals surface area contributed by atoms with Gasteiger partial charge in [0.2, 0.25) is 0 Å². The molecule has 0 bridgehead atoms. The lowest BCUT2D eigenvalue weighted by atomic mass is 9.93. The summed E-state index contributed by atoms with van der Waals surface area (Å²) >= 11 is 6.53. The molecule has 0 aliphatic rings. The molecule has 1 aromatic carbocycles. The predicted molar refractivity (Wildman–Crippen MR) is 77.7 cm³/mol. The lowest BCUT2D eigenvalue weighted by molar-refractivity contribution is 0.476. The number of aryl methyl sites for hydroxylation is 1. The van der Waals surface area contributed by atoms with E-state index in [1.54, 1.807) is 0 Å². The SMILES string of the molecule is CCCCc1ccc(C(Cl)C(CC)CC)cc1. The molecule has 17 heavy (non-hydrogen) atoms. The van der Waals surface area contributed by atoms with Gasteiger partial charge in [0.15, 0.2) is 0 Å². The van der Waals surface area contributed by atoms with E-state index in [0.29, 0.717) is 5.92 Å². The Morgan fingerprint density at radius 3 is 2.06 bits per heavy atom. The molecule has 0 aliphatic heterocycles. The van der Waals surface area contributed by atoms with Crippen LogP contribution in [0, 0.1) is 5.92 Å². The molecule has 1 heteroatoms. The van der Waals surface area contributed by atoms with Crippen LogP contribution in [0.4, 0.5) is 0 Å². The Kier molecular flexibility index (Phi) is 6.65. The number of unbranched alkanes of at least 4 members (excludes halogenated alkanes) is 1. The second kappa shape index (κ2) is 7.76. The molecule has 1 atom stereocenters. The van der Waals surface area contributed by atoms with Gasteiger partial charge in [0.25, 0.3) is 0 Å². The molecule has 0 nitrogen and oxygen atoms in total. The van der Waals surface area contributed by atoms with E-state index in [-0.39, 0.29) is 5.38 Å². The number of halogens is 1. The third-order valence-electron chi connectivity index (χ3n) is 3.58. The lowest BCUT2D eigenvalue weighted by Crippen LogP contribution is -2.05. The predicted octanol–water partition coefficient (Wildman–Crippen LogP) is 5.75. The summed E-state index contributed by atoms with van der Waals surface area (Å²) in [5, 5.41) is 0.172. The van der Waals surface area contributed by atoms with E-state index in [4.69, 9.17) is 11.6 Å². The van der Waals surface area contributed by atoms with Gasteiger partial charge in [-0.2, -0.15) is 0 Å². The highest BCUT2D eigenvalue weighted by Gasteiger charge is 2.17. The third-order valence-corrected chi connectivity index (χ3v) is 4.19. The zero-order chi connectivity index (χ0) is 12.7. The number of rotatable bonds is 7. The molecule has 0 saturated heterocycles. The molecular weight excluding hydrogens is 228 g/mol. The van der Waals surface area contributed by atoms with Crippen molar-refractivity contribution in [1.82, 2.24) is 0 Å². The highest BCUT2D eigenvalue weighted by atomic mass is 35.5. The maximum atomic E-state index is 6.53. The summed E-state index contributed by atoms with van der Waals surface area (Å²) in [5.74, 6) is 0.596. The molecule has 0 fully saturated rings. The van der Waals surface area contributed by atoms with Crippen molar-refractivity contribution in [2.24, 2.45) is 5.92 Å². The summed E-state index contributed by atoms with van der Waals surface area (Å²) in [5.41, 5.74) is 2.71. The Balaban J connectivity index is 2.66. The quantitative estimate of drug-likeness (QED) is 0.543. The molecule has 1 aromatic rings. The van der Waals surface area contributed by atoms with Crippen LogP contribution in [0.15, 0.2) is 24.3 Å². The summed E-state index contributed by atoms with van der Waals surface area (Å²) in [6, 6.07) is 8.90. The van der Waals surface area contributed by atoms with E-state index in [1.165, 1.54) is 30.4 Å². The second-order valence-electron chi connectivity index (χ2n) is 4.82. The largest absolute Gasteiger partial charge is 0.118 e. The number of hydrogen-bond donors (Lipinski definition) is 0. The maximum Gasteiger partial charge on any atom is 0.0613 e. The van der Waals surface area contributed by atoms with Crippen molar-refractivity contribution in [3.8, 4) is 0 Å². The molecule has 0 heterocycles. The summed E-state index contributed by atoms with van der Waals surface area (Å²) in [6.07, 6.45) is 6.03. The molecule has 0 radical (unpaired) electrons. The standard InChI is InChI=1S/C16H25Cl/c1-4-7-8-13-9-11-15(12-10-13)16(17)14(5-2)6-3/h9-12,14,16H,4-8H2,1-3H3. The Hall–Kier alpha value is -0.490. The Labute approximate surface area is 111 Å². The van der Waals surface area contributed by atoms with E-state index in [0.717, 1.165) is 12.8 Å². The fraction of sp³-hybridized carbons (Fsp3) is 0.625. The molecule has 0 N–H and O–H groups in total. The summed E-state index contributed by atoms with van der Waals surface area (Å²) in [7, 11) is 0. The zero-order valence-electron chi connectivity index (χ0n) is 11.4. The van der Waals surface area contributed by atoms with E-state index in [9.17, 15) is 0 Å². The van der Waals surface area contributed by atoms with Crippen molar-refractivity contribution in [3.05, 3.63) is 35.4 Å². The molecule has 0 spiro atoms. The fourth-order valence-electron chi connectivity index (χ4n) is 2.22. The Bertz CT molecular complexity index is 298. The highest BCUT2D eigenvalue weighted by Crippen LogP contribution is 2.33. The first-order valence-electron chi connectivity index (χ1n) is 6.95. The molecule has 0 amide bonds. The van der Waals surface area contributed by atoms with Crippen LogP contribution < -0.4 is 0 Å². The number of benzene rings is 1. The van der Waals surface area contributed by atoms with Crippen LogP contribution in [-0.2, 0) is 6.42 Å². The molecular formula is C16H25Cl. The molecule has 1 rings (SSSR count). The normalized spacial score (nSPS) is 13.0. The first kappa shape index (κ1) is 14.6. The van der Waals surface area contributed by atoms with Crippen molar-refractivity contribution in [2.45, 2.75) is 58.3 Å². The molecule has 0 saturated carbocycles. The molecule has 96 valence electrons. The van der Waals surface area contributed by atoms with Gasteiger partial charge in [-0.15, -0.1) is 11.6 Å². The average molecular weight is 253 g/mol. The molecule has 0 aliphatic carbocycles. The van der Waals surface area contributed by atoms with Gasteiger partial charge >= 0.3 is 0 Å². The number of hydrogen-bond acceptors (Lipinski definition) is 0. The van der Waals surface area contributed by atoms with Gasteiger partial charge in [-0.1, -0.05) is 64.3 Å². The van der Waals surface area contributed by atoms with Gasteiger partial charge in [0.1, 0.15) is 0 Å². The first-order chi connectivity index (χ1) is 8.22. The van der Waals surface area contributed by atoms with Gasteiger partial charge in [-0.25, -0.2) is 0 Å². The van der Waals surface area contributed by atoms with Crippen molar-refractivity contribution in [1.29, 1.82) is 0 Å². The Morgan fingerprint density at radius 1 is 1.00 bits per heavy atom. The monoisotopic (exact) mass is 252 g/mol. The third kappa shape index (κ3) is 4.35. The second-order valence-corrected chi connectivity index (χ2v) is 5.29. The van der Waals surface area contributed by atoms with Crippen LogP contribution in [0.5, 0.6) is 0 Å². The van der Waals surface area contributed by atoms with Crippen molar-refractivity contribution >= 4 is 11.6 Å². The fourth-order valence-corrected chi connectivity index (χ4v) is 2.73. The Morgan fingerprint density at radius 2 is 1.59 bits per heavy atom. The van der Waals surface area contributed by atoms with Crippen LogP contribution in [-0.4, -0.2) is 0 Å². The van der Waals surface area contributed by atoms with Gasteiger partial charge in [0.05, 0.1) is 5.38 Å². The minimum atomic E-state index is 0.172. The van der Waals surface area contributed by atoms with E-state index >= 15 is 0 Å². The summed E-state index contributed by atoms with van der Waals surface area (Å²) < 4.78 is 0. The smallest absolute Gasteiger partial charge is 0.0613 e. The van der Waals surface area contributed by atoms with Gasteiger partial charge < -0.3 is 0 Å². The van der Waals surface area contributed by atoms with Crippen molar-refractivity contribution in [2.75, 3.05) is 0 Å². The van der Waals surface area contributed by atoms with Crippen molar-refractivity contribution in [3.63, 3.8) is 0 Å². The van der Waals surface area contributed by atoms with Gasteiger partial charge in [0, 0.05) is 0 Å². The van der Waals surface area contributed by atoms with Crippen LogP contribution in [0.1, 0.15) is 63.0 Å². The highest BCUT2D eigenvalue weighted by molar-refractivity contribution is 6.21. The van der Waals surface area contributed by atoms with Gasteiger partial charge in [-0.3, -0.25) is 0 Å². The van der Waals surface area contributed by atoms with Crippen molar-refractivity contribution < 1.29 is 0 Å². The topological polar surface area (TPSA) is 0 Å². The van der Waals surface area contributed by atoms with E-state index in [2.05, 4.69) is 45.0 Å². The summed E-state index contributed by atoms with van der Waals surface area (Å²) in [4.78, 5) is 0. The minimum Gasteiger partial charge on any atom is -0.118 e. The lowest BCUT2D eigenvalue weighted by Gasteiger charge is -2.19. The summed E-state index contributed by atoms with van der Waals surface area (Å²) in [6.45, 7) is 6.68. The maximum absolute atomic E-state index is 6.53. The average Bonchev–Trinajstić information content (AvgIpc) is 2.38. The van der Waals surface area contributed by atoms with Crippen LogP contribution in [0.2, 0.25) is 0 Å². The van der Waals surface area contributed by atoms with Crippen LogP contribution in [0.25, 0.3) is 0 Å².